The van der Waals surface area contributed by atoms with Crippen LogP contribution >= 0.6 is 0 Å². The lowest BCUT2D eigenvalue weighted by atomic mass is 9.76. The zero-order chi connectivity index (χ0) is 13.2. The normalized spacial score (nSPS) is 31.4. The van der Waals surface area contributed by atoms with Gasteiger partial charge in [0.25, 0.3) is 0 Å². The fraction of sp³-hybridized carbons (Fsp3) is 0.929. The van der Waals surface area contributed by atoms with Crippen LogP contribution in [0.15, 0.2) is 0 Å². The number of nitrogens with zero attached hydrogens (tertiary/aromatic N) is 1. The van der Waals surface area contributed by atoms with Crippen LogP contribution in [-0.4, -0.2) is 29.9 Å². The zero-order valence-corrected chi connectivity index (χ0v) is 11.9. The van der Waals surface area contributed by atoms with Crippen molar-refractivity contribution in [3.8, 4) is 0 Å². The van der Waals surface area contributed by atoms with E-state index < -0.39 is 0 Å². The molecule has 0 heterocycles. The molecule has 3 nitrogen and oxygen atoms in total. The van der Waals surface area contributed by atoms with Crippen molar-refractivity contribution in [1.82, 2.24) is 4.90 Å². The Bertz CT molecular complexity index is 255. The Morgan fingerprint density at radius 3 is 2.35 bits per heavy atom. The minimum atomic E-state index is 0.0231. The number of carbonyl (C=O) groups excluding carboxylic acids is 1. The second-order valence-electron chi connectivity index (χ2n) is 6.03. The van der Waals surface area contributed by atoms with Crippen LogP contribution in [0.25, 0.3) is 0 Å². The molecule has 0 aromatic heterocycles. The van der Waals surface area contributed by atoms with E-state index in [1.54, 1.807) is 0 Å². The van der Waals surface area contributed by atoms with Crippen molar-refractivity contribution in [1.29, 1.82) is 0 Å². The number of hydrogen-bond donors (Lipinski definition) is 1. The monoisotopic (exact) mass is 240 g/mol. The molecule has 100 valence electrons. The summed E-state index contributed by atoms with van der Waals surface area (Å²) in [5.41, 5.74) is 6.14. The summed E-state index contributed by atoms with van der Waals surface area (Å²) in [7, 11) is 1.92. The number of rotatable bonds is 3. The van der Waals surface area contributed by atoms with Crippen LogP contribution in [0.5, 0.6) is 0 Å². The van der Waals surface area contributed by atoms with E-state index in [1.807, 2.05) is 11.9 Å². The second-order valence-corrected chi connectivity index (χ2v) is 6.03. The van der Waals surface area contributed by atoms with E-state index >= 15 is 0 Å². The van der Waals surface area contributed by atoms with Crippen molar-refractivity contribution in [3.63, 3.8) is 0 Å². The summed E-state index contributed by atoms with van der Waals surface area (Å²) in [6, 6.07) is 0.330. The van der Waals surface area contributed by atoms with E-state index in [0.29, 0.717) is 11.8 Å². The third kappa shape index (κ3) is 3.21. The number of carbonyl (C=O) groups is 1. The summed E-state index contributed by atoms with van der Waals surface area (Å²) < 4.78 is 0. The molecule has 0 aliphatic heterocycles. The summed E-state index contributed by atoms with van der Waals surface area (Å²) in [5, 5.41) is 0. The van der Waals surface area contributed by atoms with E-state index in [2.05, 4.69) is 27.7 Å². The third-order valence-corrected chi connectivity index (χ3v) is 4.48. The van der Waals surface area contributed by atoms with Gasteiger partial charge in [-0.3, -0.25) is 4.79 Å². The molecule has 4 atom stereocenters. The molecule has 0 aromatic rings. The fourth-order valence-electron chi connectivity index (χ4n) is 2.77. The van der Waals surface area contributed by atoms with Crippen LogP contribution < -0.4 is 5.73 Å². The van der Waals surface area contributed by atoms with Crippen LogP contribution in [0.2, 0.25) is 0 Å². The van der Waals surface area contributed by atoms with Gasteiger partial charge in [-0.15, -0.1) is 0 Å². The lowest BCUT2D eigenvalue weighted by molar-refractivity contribution is -0.140. The van der Waals surface area contributed by atoms with Gasteiger partial charge in [0.05, 0.1) is 5.92 Å². The first-order chi connectivity index (χ1) is 7.86. The van der Waals surface area contributed by atoms with Gasteiger partial charge >= 0.3 is 0 Å². The lowest BCUT2D eigenvalue weighted by Crippen LogP contribution is -2.50. The number of hydrogen-bond acceptors (Lipinski definition) is 2. The average molecular weight is 240 g/mol. The predicted molar refractivity (Wildman–Crippen MR) is 71.6 cm³/mol. The van der Waals surface area contributed by atoms with Crippen LogP contribution in [0.4, 0.5) is 0 Å². The van der Waals surface area contributed by atoms with Gasteiger partial charge < -0.3 is 10.6 Å². The van der Waals surface area contributed by atoms with Gasteiger partial charge in [-0.25, -0.2) is 0 Å². The molecule has 0 spiro atoms. The standard InChI is InChI=1S/C14H28N2O/c1-9(2)11(4)16(5)14(17)13-10(3)7-6-8-12(13)15/h9-13H,6-8,15H2,1-5H3. The largest absolute Gasteiger partial charge is 0.342 e. The van der Waals surface area contributed by atoms with Crippen molar-refractivity contribution in [3.05, 3.63) is 0 Å². The molecule has 0 radical (unpaired) electrons. The molecule has 1 amide bonds. The molecule has 1 saturated carbocycles. The molecule has 4 unspecified atom stereocenters. The number of nitrogens with two attached hydrogens (primary N) is 1. The maximum Gasteiger partial charge on any atom is 0.227 e. The molecule has 0 bridgehead atoms. The molecule has 0 aromatic carbocycles. The molecule has 1 aliphatic rings. The van der Waals surface area contributed by atoms with Gasteiger partial charge in [-0.2, -0.15) is 0 Å². The lowest BCUT2D eigenvalue weighted by Gasteiger charge is -2.38. The van der Waals surface area contributed by atoms with E-state index in [9.17, 15) is 4.79 Å². The Hall–Kier alpha value is -0.570. The molecular formula is C14H28N2O. The summed E-state index contributed by atoms with van der Waals surface area (Å²) in [6.07, 6.45) is 3.29. The van der Waals surface area contributed by atoms with Crippen LogP contribution in [-0.2, 0) is 4.79 Å². The molecule has 17 heavy (non-hydrogen) atoms. The topological polar surface area (TPSA) is 46.3 Å². The minimum absolute atomic E-state index is 0.0231. The maximum absolute atomic E-state index is 12.5. The van der Waals surface area contributed by atoms with Crippen molar-refractivity contribution in [2.75, 3.05) is 7.05 Å². The van der Waals surface area contributed by atoms with Crippen molar-refractivity contribution in [2.24, 2.45) is 23.5 Å². The Balaban J connectivity index is 2.73. The Morgan fingerprint density at radius 1 is 1.29 bits per heavy atom. The van der Waals surface area contributed by atoms with E-state index in [4.69, 9.17) is 5.73 Å². The molecule has 2 N–H and O–H groups in total. The second kappa shape index (κ2) is 5.85. The third-order valence-electron chi connectivity index (χ3n) is 4.48. The summed E-state index contributed by atoms with van der Waals surface area (Å²) in [6.45, 7) is 8.58. The molecule has 3 heteroatoms. The van der Waals surface area contributed by atoms with Crippen molar-refractivity contribution in [2.45, 2.75) is 59.0 Å². The zero-order valence-electron chi connectivity index (χ0n) is 11.9. The van der Waals surface area contributed by atoms with Crippen molar-refractivity contribution >= 4 is 5.91 Å². The Kier molecular flexibility index (Phi) is 4.99. The van der Waals surface area contributed by atoms with E-state index in [0.717, 1.165) is 19.3 Å². The van der Waals surface area contributed by atoms with Crippen LogP contribution in [0, 0.1) is 17.8 Å². The quantitative estimate of drug-likeness (QED) is 0.822. The van der Waals surface area contributed by atoms with E-state index in [1.165, 1.54) is 0 Å². The SMILES string of the molecule is CC(C)C(C)N(C)C(=O)C1C(C)CCCC1N. The minimum Gasteiger partial charge on any atom is -0.342 e. The van der Waals surface area contributed by atoms with Gasteiger partial charge in [0.1, 0.15) is 0 Å². The first-order valence-corrected chi connectivity index (χ1v) is 6.88. The van der Waals surface area contributed by atoms with Gasteiger partial charge in [0.15, 0.2) is 0 Å². The first kappa shape index (κ1) is 14.5. The fourth-order valence-corrected chi connectivity index (χ4v) is 2.77. The first-order valence-electron chi connectivity index (χ1n) is 6.88. The van der Waals surface area contributed by atoms with Gasteiger partial charge in [0, 0.05) is 19.1 Å². The molecule has 0 saturated heterocycles. The molecule has 1 rings (SSSR count). The molecule has 1 fully saturated rings. The molecule has 1 aliphatic carbocycles. The highest BCUT2D eigenvalue weighted by atomic mass is 16.2. The van der Waals surface area contributed by atoms with E-state index in [-0.39, 0.29) is 23.9 Å². The number of amides is 1. The van der Waals surface area contributed by atoms with Gasteiger partial charge in [0.2, 0.25) is 5.91 Å². The highest BCUT2D eigenvalue weighted by molar-refractivity contribution is 5.80. The Labute approximate surface area is 106 Å². The highest BCUT2D eigenvalue weighted by Gasteiger charge is 2.36. The smallest absolute Gasteiger partial charge is 0.227 e. The summed E-state index contributed by atoms with van der Waals surface area (Å²) >= 11 is 0. The summed E-state index contributed by atoms with van der Waals surface area (Å²) in [4.78, 5) is 14.4. The Morgan fingerprint density at radius 2 is 1.88 bits per heavy atom. The summed E-state index contributed by atoms with van der Waals surface area (Å²) in [5.74, 6) is 1.17. The van der Waals surface area contributed by atoms with Crippen LogP contribution in [0.1, 0.15) is 47.0 Å². The van der Waals surface area contributed by atoms with Crippen molar-refractivity contribution < 1.29 is 4.79 Å². The molecular weight excluding hydrogens is 212 g/mol. The predicted octanol–water partition coefficient (Wildman–Crippen LogP) is 2.25. The van der Waals surface area contributed by atoms with Gasteiger partial charge in [-0.05, 0) is 31.6 Å². The van der Waals surface area contributed by atoms with Gasteiger partial charge in [-0.1, -0.05) is 27.2 Å². The highest BCUT2D eigenvalue weighted by Crippen LogP contribution is 2.30. The van der Waals surface area contributed by atoms with Crippen LogP contribution in [0.3, 0.4) is 0 Å². The average Bonchev–Trinajstić information content (AvgIpc) is 2.26. The maximum atomic E-state index is 12.5.